The largest absolute Gasteiger partial charge is 0.370 e. The molecule has 4 nitrogen and oxygen atoms in total. The smallest absolute Gasteiger partial charge is 0.316 e. The highest BCUT2D eigenvalue weighted by atomic mass is 80.0. The molecule has 11 heavy (non-hydrogen) atoms. The molecular formula is C4H7Br3N2O2. The van der Waals surface area contributed by atoms with Gasteiger partial charge < -0.3 is 15.7 Å². The summed E-state index contributed by atoms with van der Waals surface area (Å²) in [6.45, 7) is 0. The number of nitrogens with one attached hydrogen (secondary N) is 2. The maximum Gasteiger partial charge on any atom is 0.316 e. The van der Waals surface area contributed by atoms with Crippen molar-refractivity contribution in [1.29, 1.82) is 0 Å². The van der Waals surface area contributed by atoms with Gasteiger partial charge in [-0.2, -0.15) is 0 Å². The summed E-state index contributed by atoms with van der Waals surface area (Å²) in [7, 11) is 1.46. The van der Waals surface area contributed by atoms with Gasteiger partial charge in [0.1, 0.15) is 0 Å². The lowest BCUT2D eigenvalue weighted by Crippen LogP contribution is -2.46. The van der Waals surface area contributed by atoms with Crippen molar-refractivity contribution < 1.29 is 9.90 Å². The van der Waals surface area contributed by atoms with Crippen molar-refractivity contribution in [3.8, 4) is 0 Å². The summed E-state index contributed by atoms with van der Waals surface area (Å²) in [5, 5.41) is 13.7. The summed E-state index contributed by atoms with van der Waals surface area (Å²) in [4.78, 5) is 10.6. The van der Waals surface area contributed by atoms with Crippen LogP contribution in [0.4, 0.5) is 4.79 Å². The molecule has 0 unspecified atom stereocenters. The Labute approximate surface area is 89.5 Å². The monoisotopic (exact) mass is 352 g/mol. The van der Waals surface area contributed by atoms with Crippen LogP contribution in [-0.2, 0) is 0 Å². The lowest BCUT2D eigenvalue weighted by atomic mass is 10.6. The molecule has 66 valence electrons. The Kier molecular flexibility index (Phi) is 4.92. The lowest BCUT2D eigenvalue weighted by molar-refractivity contribution is 0.153. The number of hydrogen-bond acceptors (Lipinski definition) is 2. The van der Waals surface area contributed by atoms with E-state index in [0.717, 1.165) is 0 Å². The summed E-state index contributed by atoms with van der Waals surface area (Å²) < 4.78 is -0.889. The van der Waals surface area contributed by atoms with Crippen molar-refractivity contribution in [1.82, 2.24) is 10.6 Å². The first-order valence-corrected chi connectivity index (χ1v) is 4.99. The van der Waals surface area contributed by atoms with E-state index in [1.165, 1.54) is 7.05 Å². The van der Waals surface area contributed by atoms with Crippen LogP contribution in [0.1, 0.15) is 0 Å². The number of hydrogen-bond donors (Lipinski definition) is 3. The van der Waals surface area contributed by atoms with E-state index < -0.39 is 14.4 Å². The molecule has 0 radical (unpaired) electrons. The van der Waals surface area contributed by atoms with Gasteiger partial charge in [-0.25, -0.2) is 4.79 Å². The average molecular weight is 355 g/mol. The molecule has 0 aliphatic carbocycles. The quantitative estimate of drug-likeness (QED) is 0.487. The van der Waals surface area contributed by atoms with Crippen LogP contribution in [0.15, 0.2) is 0 Å². The molecule has 0 saturated heterocycles. The Hall–Kier alpha value is 0.670. The van der Waals surface area contributed by atoms with Crippen LogP contribution in [0.25, 0.3) is 0 Å². The van der Waals surface area contributed by atoms with Gasteiger partial charge in [-0.15, -0.1) is 0 Å². The van der Waals surface area contributed by atoms with Crippen LogP contribution in [0.5, 0.6) is 0 Å². The molecule has 0 aliphatic heterocycles. The highest BCUT2D eigenvalue weighted by Gasteiger charge is 2.29. The van der Waals surface area contributed by atoms with Gasteiger partial charge in [0.15, 0.2) is 8.37 Å². The van der Waals surface area contributed by atoms with Crippen molar-refractivity contribution in [2.24, 2.45) is 0 Å². The van der Waals surface area contributed by atoms with Gasteiger partial charge in [-0.3, -0.25) is 0 Å². The van der Waals surface area contributed by atoms with E-state index in [9.17, 15) is 9.90 Å². The van der Waals surface area contributed by atoms with E-state index in [4.69, 9.17) is 0 Å². The van der Waals surface area contributed by atoms with Gasteiger partial charge >= 0.3 is 6.03 Å². The van der Waals surface area contributed by atoms with E-state index in [-0.39, 0.29) is 0 Å². The summed E-state index contributed by atoms with van der Waals surface area (Å²) in [5.41, 5.74) is 0. The SMILES string of the molecule is CNC(=O)N[C@H](O)C(Br)(Br)Br. The Balaban J connectivity index is 3.87. The lowest BCUT2D eigenvalue weighted by Gasteiger charge is -2.20. The number of amides is 2. The minimum atomic E-state index is -1.07. The van der Waals surface area contributed by atoms with Crippen LogP contribution in [0, 0.1) is 0 Å². The third-order valence-electron chi connectivity index (χ3n) is 0.805. The first-order chi connectivity index (χ1) is 4.88. The van der Waals surface area contributed by atoms with E-state index in [2.05, 4.69) is 58.4 Å². The molecule has 0 aromatic heterocycles. The zero-order valence-electron chi connectivity index (χ0n) is 5.57. The maximum absolute atomic E-state index is 10.6. The molecule has 2 amide bonds. The molecule has 3 N–H and O–H groups in total. The Morgan fingerprint density at radius 3 is 2.27 bits per heavy atom. The van der Waals surface area contributed by atoms with Crippen LogP contribution >= 0.6 is 47.8 Å². The number of aliphatic hydroxyl groups is 1. The molecule has 0 aliphatic rings. The van der Waals surface area contributed by atoms with E-state index in [1.54, 1.807) is 0 Å². The number of carbonyl (C=O) groups excluding carboxylic acids is 1. The molecule has 0 aromatic rings. The Morgan fingerprint density at radius 2 is 2.00 bits per heavy atom. The summed E-state index contributed by atoms with van der Waals surface area (Å²) >= 11 is 9.13. The Morgan fingerprint density at radius 1 is 1.55 bits per heavy atom. The standard InChI is InChI=1S/C4H7Br3N2O2/c1-8-3(11)9-2(10)4(5,6)7/h2,10H,1H3,(H2,8,9,11)/t2-/m1/s1. The van der Waals surface area contributed by atoms with Gasteiger partial charge in [0.25, 0.3) is 0 Å². The number of urea groups is 1. The first-order valence-electron chi connectivity index (χ1n) is 2.61. The van der Waals surface area contributed by atoms with Crippen molar-refractivity contribution >= 4 is 53.8 Å². The van der Waals surface area contributed by atoms with Gasteiger partial charge in [0.2, 0.25) is 0 Å². The predicted octanol–water partition coefficient (Wildman–Crippen LogP) is 1.07. The summed E-state index contributed by atoms with van der Waals surface area (Å²) in [6, 6.07) is -0.458. The fourth-order valence-electron chi connectivity index (χ4n) is 0.278. The van der Waals surface area contributed by atoms with Crippen LogP contribution < -0.4 is 10.6 Å². The first kappa shape index (κ1) is 11.7. The molecule has 0 saturated carbocycles. The fraction of sp³-hybridized carbons (Fsp3) is 0.750. The van der Waals surface area contributed by atoms with E-state index >= 15 is 0 Å². The van der Waals surface area contributed by atoms with Gasteiger partial charge in [0.05, 0.1) is 0 Å². The maximum atomic E-state index is 10.6. The molecule has 0 spiro atoms. The van der Waals surface area contributed by atoms with Crippen LogP contribution in [0.2, 0.25) is 0 Å². The van der Waals surface area contributed by atoms with Gasteiger partial charge in [-0.1, -0.05) is 47.8 Å². The molecule has 0 bridgehead atoms. The minimum absolute atomic E-state index is 0.458. The van der Waals surface area contributed by atoms with Crippen molar-refractivity contribution in [2.45, 2.75) is 8.37 Å². The third kappa shape index (κ3) is 5.00. The summed E-state index contributed by atoms with van der Waals surface area (Å²) in [6.07, 6.45) is -1.07. The van der Waals surface area contributed by atoms with E-state index in [1.807, 2.05) is 0 Å². The second-order valence-electron chi connectivity index (χ2n) is 1.67. The van der Waals surface area contributed by atoms with Crippen LogP contribution in [0.3, 0.4) is 0 Å². The molecular weight excluding hydrogens is 348 g/mol. The van der Waals surface area contributed by atoms with Crippen LogP contribution in [-0.4, -0.2) is 26.6 Å². The fourth-order valence-corrected chi connectivity index (χ4v) is 0.622. The number of aliphatic hydroxyl groups excluding tert-OH is 1. The molecule has 0 rings (SSSR count). The number of carbonyl (C=O) groups is 1. The van der Waals surface area contributed by atoms with Gasteiger partial charge in [-0.05, 0) is 0 Å². The minimum Gasteiger partial charge on any atom is -0.370 e. The topological polar surface area (TPSA) is 61.4 Å². The van der Waals surface area contributed by atoms with Crippen molar-refractivity contribution in [3.63, 3.8) is 0 Å². The third-order valence-corrected chi connectivity index (χ3v) is 2.11. The molecule has 1 atom stereocenters. The number of halogens is 3. The number of rotatable bonds is 1. The Bertz CT molecular complexity index is 147. The van der Waals surface area contributed by atoms with Crippen molar-refractivity contribution in [3.05, 3.63) is 0 Å². The van der Waals surface area contributed by atoms with Gasteiger partial charge in [0, 0.05) is 7.05 Å². The molecule has 0 fully saturated rings. The highest BCUT2D eigenvalue weighted by molar-refractivity contribution is 9.39. The molecule has 0 heterocycles. The average Bonchev–Trinajstić information content (AvgIpc) is 1.85. The zero-order valence-corrected chi connectivity index (χ0v) is 10.3. The van der Waals surface area contributed by atoms with E-state index in [0.29, 0.717) is 0 Å². The second-order valence-corrected chi connectivity index (χ2v) is 8.61. The van der Waals surface area contributed by atoms with Crippen molar-refractivity contribution in [2.75, 3.05) is 7.05 Å². The normalized spacial score (nSPS) is 13.9. The highest BCUT2D eigenvalue weighted by Crippen LogP contribution is 2.35. The molecule has 0 aromatic carbocycles. The summed E-state index contributed by atoms with van der Waals surface area (Å²) in [5.74, 6) is 0. The second kappa shape index (κ2) is 4.64. The zero-order chi connectivity index (χ0) is 9.07. The predicted molar refractivity (Wildman–Crippen MR) is 53.1 cm³/mol. The number of alkyl halides is 3. The molecule has 7 heteroatoms.